The molecule has 4 aliphatic rings. The molecular formula is C38H70F12P6Rh2-2. The van der Waals surface area contributed by atoms with Crippen molar-refractivity contribution in [1.29, 1.82) is 0 Å². The quantitative estimate of drug-likeness (QED) is 0.123. The Morgan fingerprint density at radius 2 is 0.517 bits per heavy atom. The summed E-state index contributed by atoms with van der Waals surface area (Å²) in [5.74, 6) is 3.24. The molecule has 4 bridgehead atoms. The number of fused-ring (bicyclic) bond motifs is 4. The van der Waals surface area contributed by atoms with Gasteiger partial charge in [0.15, 0.2) is 0 Å². The van der Waals surface area contributed by atoms with Gasteiger partial charge in [0.25, 0.3) is 0 Å². The molecular weight excluding hydrogens is 1080 g/mol. The van der Waals surface area contributed by atoms with Gasteiger partial charge in [-0.05, 0) is 159 Å². The molecule has 4 rings (SSSR count). The van der Waals surface area contributed by atoms with Crippen molar-refractivity contribution in [3.8, 4) is 0 Å². The Kier molecular flexibility index (Phi) is 25.0. The maximum atomic E-state index is 9.87. The van der Waals surface area contributed by atoms with E-state index in [4.69, 9.17) is 0 Å². The average Bonchev–Trinajstić information content (AvgIpc) is 3.73. The molecule has 4 fully saturated rings. The van der Waals surface area contributed by atoms with Crippen LogP contribution in [0.1, 0.15) is 95.9 Å². The van der Waals surface area contributed by atoms with Crippen LogP contribution >= 0.6 is 47.3 Å². The van der Waals surface area contributed by atoms with Crippen molar-refractivity contribution in [2.75, 3.05) is 50.3 Å². The van der Waals surface area contributed by atoms with Gasteiger partial charge in [0.05, 0.1) is 0 Å². The summed E-state index contributed by atoms with van der Waals surface area (Å²) in [5.41, 5.74) is 0. The van der Waals surface area contributed by atoms with Gasteiger partial charge in [-0.1, -0.05) is 83.1 Å². The fourth-order valence-corrected chi connectivity index (χ4v) is 16.4. The normalized spacial score (nSPS) is 26.2. The molecule has 4 saturated carbocycles. The number of hydrogen-bond donors (Lipinski definition) is 0. The van der Waals surface area contributed by atoms with E-state index in [9.17, 15) is 50.4 Å². The Bertz CT molecular complexity index is 1030. The SMILES string of the molecule is C[P@](CC[P@@](CC[P@@](CC[P@@](C)C(C)(C)C)C(C)(C)C)C(C)(C)C)C(C)(C)C.F[P-](F)(F)(F)(F)F.F[P-](F)(F)(F)(F)F.[CH]1[CH]C2[CH][CH]C1C2.[CH]1[CH]C2[CH][CH]C1C2.[Rh].[Rh]. The van der Waals surface area contributed by atoms with E-state index in [1.54, 1.807) is 0 Å². The van der Waals surface area contributed by atoms with E-state index in [2.05, 4.69) is 148 Å². The van der Waals surface area contributed by atoms with Crippen LogP contribution < -0.4 is 0 Å². The van der Waals surface area contributed by atoms with Gasteiger partial charge in [-0.3, -0.25) is 0 Å². The summed E-state index contributed by atoms with van der Waals surface area (Å²) in [4.78, 5) is 0. The predicted molar refractivity (Wildman–Crippen MR) is 232 cm³/mol. The van der Waals surface area contributed by atoms with E-state index in [1.807, 2.05) is 0 Å². The fraction of sp³-hybridized carbons (Fsp3) is 0.789. The van der Waals surface area contributed by atoms with E-state index >= 15 is 0 Å². The molecule has 0 saturated heterocycles. The van der Waals surface area contributed by atoms with Gasteiger partial charge in [0.2, 0.25) is 0 Å². The minimum atomic E-state index is -10.7. The van der Waals surface area contributed by atoms with Crippen LogP contribution in [-0.2, 0) is 39.0 Å². The van der Waals surface area contributed by atoms with Crippen molar-refractivity contribution in [2.24, 2.45) is 23.7 Å². The van der Waals surface area contributed by atoms with Gasteiger partial charge in [0.1, 0.15) is 0 Å². The number of hydrogen-bond acceptors (Lipinski definition) is 0. The van der Waals surface area contributed by atoms with Gasteiger partial charge in [-0.15, -0.1) is 31.7 Å². The van der Waals surface area contributed by atoms with E-state index in [0.29, 0.717) is 20.6 Å². The molecule has 0 aromatic rings. The Labute approximate surface area is 376 Å². The standard InChI is InChI=1S/C24H54P4.2C7H8.2F6P.2Rh/c1-21(2,3)25(13)15-17-27(23(7,8)9)19-20-28(24(10,11)12)18-16-26(14)22(4,5)6;2*1-2-7-4-3-6(1)5-7;2*1-7(2,3,4,5)6;;/h15-20H2,1-14H3;2*1-4,6-7H,5H2;;;;/q;;;2*-1;;/t25-,26-,27-,28+;;;;;;/m1....../s1. The molecule has 0 N–H and O–H groups in total. The molecule has 356 valence electrons. The van der Waals surface area contributed by atoms with Crippen LogP contribution in [0, 0.1) is 75.0 Å². The van der Waals surface area contributed by atoms with Crippen LogP contribution in [-0.4, -0.2) is 70.9 Å². The molecule has 10 radical (unpaired) electrons. The summed E-state index contributed by atoms with van der Waals surface area (Å²) in [6.07, 6.45) is 30.0. The average molecular weight is 1150 g/mol. The van der Waals surface area contributed by atoms with Crippen LogP contribution in [0.15, 0.2) is 0 Å². The zero-order valence-corrected chi connectivity index (χ0v) is 45.1. The molecule has 0 unspecified atom stereocenters. The smallest absolute Gasteiger partial charge is 0 e. The predicted octanol–water partition coefficient (Wildman–Crippen LogP) is 19.0. The molecule has 4 aliphatic carbocycles. The third-order valence-corrected chi connectivity index (χ3v) is 24.0. The monoisotopic (exact) mass is 1150 g/mol. The van der Waals surface area contributed by atoms with Crippen molar-refractivity contribution < 1.29 is 89.3 Å². The Morgan fingerprint density at radius 3 is 0.621 bits per heavy atom. The number of halogens is 12. The van der Waals surface area contributed by atoms with Crippen molar-refractivity contribution >= 4 is 47.3 Å². The zero-order valence-electron chi connectivity index (χ0n) is 36.5. The zero-order chi connectivity index (χ0) is 44.7. The molecule has 0 heterocycles. The van der Waals surface area contributed by atoms with Crippen molar-refractivity contribution in [2.45, 2.75) is 117 Å². The summed E-state index contributed by atoms with van der Waals surface area (Å²) in [6.45, 7) is 34.8. The Hall–Kier alpha value is 2.99. The second-order valence-electron chi connectivity index (χ2n) is 19.1. The van der Waals surface area contributed by atoms with E-state index < -0.39 is 15.6 Å². The third kappa shape index (κ3) is 40.5. The minimum Gasteiger partial charge on any atom is -0.0464 e. The summed E-state index contributed by atoms with van der Waals surface area (Å²) in [7, 11) is -20.8. The summed E-state index contributed by atoms with van der Waals surface area (Å²) in [5, 5.41) is 2.03. The van der Waals surface area contributed by atoms with E-state index in [0.717, 1.165) is 23.7 Å². The molecule has 58 heavy (non-hydrogen) atoms. The third-order valence-electron chi connectivity index (χ3n) is 9.75. The largest absolute Gasteiger partial charge is 0.0464 e. The first-order valence-electron chi connectivity index (χ1n) is 18.8. The van der Waals surface area contributed by atoms with E-state index in [1.165, 1.54) is 49.8 Å². The molecule has 0 spiro atoms. The van der Waals surface area contributed by atoms with Gasteiger partial charge in [-0.25, -0.2) is 0 Å². The molecule has 0 aromatic heterocycles. The summed E-state index contributed by atoms with van der Waals surface area (Å²) < 4.78 is 118. The first-order valence-corrected chi connectivity index (χ1v) is 30.3. The maximum absolute atomic E-state index is 10.7. The van der Waals surface area contributed by atoms with E-state index in [-0.39, 0.29) is 70.6 Å². The fourth-order valence-electron chi connectivity index (χ4n) is 5.67. The number of rotatable bonds is 9. The van der Waals surface area contributed by atoms with Crippen molar-refractivity contribution in [1.82, 2.24) is 0 Å². The molecule has 0 aliphatic heterocycles. The van der Waals surface area contributed by atoms with Crippen LogP contribution in [0.2, 0.25) is 0 Å². The van der Waals surface area contributed by atoms with Gasteiger partial charge >= 0.3 is 66.0 Å². The van der Waals surface area contributed by atoms with Gasteiger partial charge < -0.3 is 0 Å². The molecule has 0 nitrogen and oxygen atoms in total. The molecule has 0 amide bonds. The second kappa shape index (κ2) is 22.2. The van der Waals surface area contributed by atoms with Crippen molar-refractivity contribution in [3.63, 3.8) is 0 Å². The second-order valence-corrected chi connectivity index (χ2v) is 35.9. The van der Waals surface area contributed by atoms with Gasteiger partial charge in [0, 0.05) is 39.0 Å². The van der Waals surface area contributed by atoms with Crippen molar-refractivity contribution in [3.05, 3.63) is 51.4 Å². The first-order chi connectivity index (χ1) is 24.1. The molecule has 20 heteroatoms. The Morgan fingerprint density at radius 1 is 0.362 bits per heavy atom. The minimum absolute atomic E-state index is 0. The summed E-state index contributed by atoms with van der Waals surface area (Å²) >= 11 is 0. The van der Waals surface area contributed by atoms with Crippen LogP contribution in [0.5, 0.6) is 0 Å². The van der Waals surface area contributed by atoms with Crippen LogP contribution in [0.25, 0.3) is 0 Å². The molecule has 0 aromatic carbocycles. The van der Waals surface area contributed by atoms with Gasteiger partial charge in [-0.2, -0.15) is 0 Å². The first kappa shape index (κ1) is 65.3. The molecule has 4 atom stereocenters. The van der Waals surface area contributed by atoms with Crippen LogP contribution in [0.3, 0.4) is 0 Å². The van der Waals surface area contributed by atoms with Crippen LogP contribution in [0.4, 0.5) is 50.4 Å². The topological polar surface area (TPSA) is 0 Å². The Balaban J connectivity index is -0.000000797. The maximum Gasteiger partial charge on any atom is 0 e. The summed E-state index contributed by atoms with van der Waals surface area (Å²) in [6, 6.07) is 0.